The Morgan fingerprint density at radius 1 is 1.44 bits per heavy atom. The van der Waals surface area contributed by atoms with Crippen LogP contribution in [0.1, 0.15) is 0 Å². The van der Waals surface area contributed by atoms with Crippen molar-refractivity contribution < 1.29 is 12.8 Å². The summed E-state index contributed by atoms with van der Waals surface area (Å²) in [4.78, 5) is 3.36. The highest BCUT2D eigenvalue weighted by Gasteiger charge is 2.20. The third kappa shape index (κ3) is 2.40. The molecular formula is C9H10FN5O2S. The van der Waals surface area contributed by atoms with Gasteiger partial charge in [-0.3, -0.25) is 14.4 Å². The highest BCUT2D eigenvalue weighted by atomic mass is 32.2. The molecule has 0 radical (unpaired) electrons. The number of rotatable bonds is 3. The number of sulfonamides is 1. The van der Waals surface area contributed by atoms with Crippen LogP contribution >= 0.6 is 0 Å². The lowest BCUT2D eigenvalue weighted by Crippen LogP contribution is -2.14. The van der Waals surface area contributed by atoms with Gasteiger partial charge in [-0.25, -0.2) is 12.8 Å². The largest absolute Gasteiger partial charge is 0.381 e. The van der Waals surface area contributed by atoms with E-state index in [0.29, 0.717) is 0 Å². The Hall–Kier alpha value is -2.16. The fraction of sp³-hybridized carbons (Fsp3) is 0.111. The van der Waals surface area contributed by atoms with Crippen LogP contribution in [0, 0.1) is 5.82 Å². The van der Waals surface area contributed by atoms with Crippen molar-refractivity contribution in [3.05, 3.63) is 30.5 Å². The minimum atomic E-state index is -3.90. The topological polar surface area (TPSA) is 103 Å². The summed E-state index contributed by atoms with van der Waals surface area (Å²) in [5.41, 5.74) is 5.48. The van der Waals surface area contributed by atoms with E-state index in [-0.39, 0.29) is 16.4 Å². The van der Waals surface area contributed by atoms with E-state index < -0.39 is 15.8 Å². The van der Waals surface area contributed by atoms with Crippen molar-refractivity contribution in [3.8, 4) is 0 Å². The van der Waals surface area contributed by atoms with Gasteiger partial charge in [-0.2, -0.15) is 5.10 Å². The van der Waals surface area contributed by atoms with E-state index in [0.717, 1.165) is 12.3 Å². The van der Waals surface area contributed by atoms with E-state index in [9.17, 15) is 12.8 Å². The van der Waals surface area contributed by atoms with Crippen LogP contribution in [0.25, 0.3) is 0 Å². The van der Waals surface area contributed by atoms with Gasteiger partial charge in [0.1, 0.15) is 10.7 Å². The maximum atomic E-state index is 12.9. The minimum Gasteiger partial charge on any atom is -0.381 e. The Balaban J connectivity index is 2.36. The lowest BCUT2D eigenvalue weighted by Gasteiger charge is -2.05. The van der Waals surface area contributed by atoms with E-state index in [1.54, 1.807) is 7.05 Å². The zero-order valence-corrected chi connectivity index (χ0v) is 10.1. The highest BCUT2D eigenvalue weighted by Crippen LogP contribution is 2.19. The molecule has 0 unspecified atom stereocenters. The molecule has 0 fully saturated rings. The Kier molecular flexibility index (Phi) is 2.91. The quantitative estimate of drug-likeness (QED) is 0.837. The summed E-state index contributed by atoms with van der Waals surface area (Å²) in [6, 6.07) is 1.01. The SMILES string of the molecule is Cn1cc(S(=O)(=O)Nc2cncc(F)c2)c(N)n1. The number of pyridine rings is 1. The van der Waals surface area contributed by atoms with E-state index >= 15 is 0 Å². The van der Waals surface area contributed by atoms with Crippen molar-refractivity contribution in [2.24, 2.45) is 7.05 Å². The lowest BCUT2D eigenvalue weighted by molar-refractivity contribution is 0.601. The molecule has 7 nitrogen and oxygen atoms in total. The molecule has 0 saturated carbocycles. The molecule has 0 aromatic carbocycles. The summed E-state index contributed by atoms with van der Waals surface area (Å²) in [5.74, 6) is -0.774. The van der Waals surface area contributed by atoms with Gasteiger partial charge < -0.3 is 5.73 Å². The summed E-state index contributed by atoms with van der Waals surface area (Å²) in [7, 11) is -2.36. The number of nitrogens with two attached hydrogens (primary N) is 1. The first kappa shape index (κ1) is 12.3. The van der Waals surface area contributed by atoms with Gasteiger partial charge in [-0.05, 0) is 0 Å². The molecule has 96 valence electrons. The molecule has 0 aliphatic rings. The molecule has 0 bridgehead atoms. The number of aromatic nitrogens is 3. The highest BCUT2D eigenvalue weighted by molar-refractivity contribution is 7.92. The summed E-state index contributed by atoms with van der Waals surface area (Å²) < 4.78 is 40.2. The van der Waals surface area contributed by atoms with Crippen LogP contribution in [-0.4, -0.2) is 23.2 Å². The van der Waals surface area contributed by atoms with Gasteiger partial charge in [0, 0.05) is 19.3 Å². The van der Waals surface area contributed by atoms with Crippen LogP contribution in [0.5, 0.6) is 0 Å². The van der Waals surface area contributed by atoms with Crippen LogP contribution in [-0.2, 0) is 17.1 Å². The van der Waals surface area contributed by atoms with Crippen LogP contribution in [0.15, 0.2) is 29.6 Å². The van der Waals surface area contributed by atoms with Crippen molar-refractivity contribution in [1.82, 2.24) is 14.8 Å². The molecule has 18 heavy (non-hydrogen) atoms. The fourth-order valence-corrected chi connectivity index (χ4v) is 2.51. The van der Waals surface area contributed by atoms with Crippen molar-refractivity contribution in [3.63, 3.8) is 0 Å². The summed E-state index contributed by atoms with van der Waals surface area (Å²) in [5, 5.41) is 3.72. The standard InChI is InChI=1S/C9H10FN5O2S/c1-15-5-8(9(11)13-15)18(16,17)14-7-2-6(10)3-12-4-7/h2-5,14H,1H3,(H2,11,13). The number of halogens is 1. The minimum absolute atomic E-state index is 0.0123. The first-order valence-electron chi connectivity index (χ1n) is 4.81. The maximum Gasteiger partial charge on any atom is 0.267 e. The van der Waals surface area contributed by atoms with Gasteiger partial charge in [-0.1, -0.05) is 0 Å². The fourth-order valence-electron chi connectivity index (χ4n) is 1.37. The monoisotopic (exact) mass is 271 g/mol. The van der Waals surface area contributed by atoms with E-state index in [1.165, 1.54) is 17.1 Å². The number of anilines is 2. The van der Waals surface area contributed by atoms with E-state index in [4.69, 9.17) is 5.73 Å². The van der Waals surface area contributed by atoms with Gasteiger partial charge in [0.25, 0.3) is 10.0 Å². The summed E-state index contributed by atoms with van der Waals surface area (Å²) in [6.07, 6.45) is 3.41. The first-order valence-corrected chi connectivity index (χ1v) is 6.29. The van der Waals surface area contributed by atoms with Gasteiger partial charge >= 0.3 is 0 Å². The smallest absolute Gasteiger partial charge is 0.267 e. The van der Waals surface area contributed by atoms with E-state index in [2.05, 4.69) is 14.8 Å². The van der Waals surface area contributed by atoms with Crippen LogP contribution in [0.3, 0.4) is 0 Å². The zero-order chi connectivity index (χ0) is 13.3. The molecule has 2 aromatic rings. The van der Waals surface area contributed by atoms with E-state index in [1.807, 2.05) is 0 Å². The zero-order valence-electron chi connectivity index (χ0n) is 9.33. The molecule has 3 N–H and O–H groups in total. The average Bonchev–Trinajstić information content (AvgIpc) is 2.58. The molecule has 0 spiro atoms. The molecule has 0 aliphatic carbocycles. The Bertz CT molecular complexity index is 682. The Morgan fingerprint density at radius 2 is 2.17 bits per heavy atom. The number of nitrogens with one attached hydrogen (secondary N) is 1. The van der Waals surface area contributed by atoms with Gasteiger partial charge in [0.2, 0.25) is 0 Å². The van der Waals surface area contributed by atoms with Gasteiger partial charge in [0.15, 0.2) is 5.82 Å². The second kappa shape index (κ2) is 4.26. The maximum absolute atomic E-state index is 12.9. The van der Waals surface area contributed by atoms with Gasteiger partial charge in [-0.15, -0.1) is 0 Å². The van der Waals surface area contributed by atoms with Gasteiger partial charge in [0.05, 0.1) is 18.1 Å². The molecule has 2 rings (SSSR count). The molecular weight excluding hydrogens is 261 g/mol. The number of nitrogens with zero attached hydrogens (tertiary/aromatic N) is 3. The Morgan fingerprint density at radius 3 is 2.72 bits per heavy atom. The summed E-state index contributed by atoms with van der Waals surface area (Å²) in [6.45, 7) is 0. The van der Waals surface area contributed by atoms with Crippen molar-refractivity contribution in [2.45, 2.75) is 4.90 Å². The van der Waals surface area contributed by atoms with Crippen LogP contribution in [0.2, 0.25) is 0 Å². The molecule has 9 heteroatoms. The number of hydrogen-bond donors (Lipinski definition) is 2. The molecule has 0 atom stereocenters. The third-order valence-electron chi connectivity index (χ3n) is 2.07. The lowest BCUT2D eigenvalue weighted by atomic mass is 10.4. The summed E-state index contributed by atoms with van der Waals surface area (Å²) >= 11 is 0. The van der Waals surface area contributed by atoms with Crippen LogP contribution < -0.4 is 10.5 Å². The second-order valence-electron chi connectivity index (χ2n) is 3.55. The van der Waals surface area contributed by atoms with Crippen LogP contribution in [0.4, 0.5) is 15.9 Å². The number of aryl methyl sites for hydroxylation is 1. The molecule has 0 saturated heterocycles. The van der Waals surface area contributed by atoms with Crippen molar-refractivity contribution >= 4 is 21.5 Å². The number of hydrogen-bond acceptors (Lipinski definition) is 5. The molecule has 2 aromatic heterocycles. The molecule has 2 heterocycles. The Labute approximate surface area is 102 Å². The normalized spacial score (nSPS) is 11.4. The number of nitrogen functional groups attached to an aromatic ring is 1. The van der Waals surface area contributed by atoms with Crippen molar-refractivity contribution in [2.75, 3.05) is 10.5 Å². The molecule has 0 aliphatic heterocycles. The first-order chi connectivity index (χ1) is 8.38. The third-order valence-corrected chi connectivity index (χ3v) is 3.47. The van der Waals surface area contributed by atoms with Crippen molar-refractivity contribution in [1.29, 1.82) is 0 Å². The second-order valence-corrected chi connectivity index (χ2v) is 5.20. The predicted octanol–water partition coefficient (Wildman–Crippen LogP) is 0.337. The molecule has 0 amide bonds. The predicted molar refractivity (Wildman–Crippen MR) is 62.6 cm³/mol. The average molecular weight is 271 g/mol.